The highest BCUT2D eigenvalue weighted by molar-refractivity contribution is 5.46. The van der Waals surface area contributed by atoms with Gasteiger partial charge >= 0.3 is 0 Å². The fourth-order valence-electron chi connectivity index (χ4n) is 1.94. The molecule has 3 N–H and O–H groups in total. The average Bonchev–Trinajstić information content (AvgIpc) is 2.86. The van der Waals surface area contributed by atoms with E-state index in [9.17, 15) is 0 Å². The lowest BCUT2D eigenvalue weighted by molar-refractivity contribution is 0.556. The number of pyridine rings is 1. The van der Waals surface area contributed by atoms with E-state index in [2.05, 4.69) is 30.1 Å². The van der Waals surface area contributed by atoms with Gasteiger partial charge in [-0.15, -0.1) is 10.2 Å². The minimum Gasteiger partial charge on any atom is -0.347 e. The summed E-state index contributed by atoms with van der Waals surface area (Å²) in [5.41, 5.74) is 2.55. The third kappa shape index (κ3) is 1.80. The molecule has 7 heteroatoms. The number of nitrogens with zero attached hydrogens (tertiary/aromatic N) is 5. The first kappa shape index (κ1) is 10.0. The summed E-state index contributed by atoms with van der Waals surface area (Å²) >= 11 is 0. The first-order valence-corrected chi connectivity index (χ1v) is 5.42. The van der Waals surface area contributed by atoms with Crippen LogP contribution < -0.4 is 16.2 Å². The molecule has 0 aromatic carbocycles. The second-order valence-corrected chi connectivity index (χ2v) is 3.89. The minimum atomic E-state index is 0.662. The van der Waals surface area contributed by atoms with Crippen molar-refractivity contribution in [1.82, 2.24) is 19.7 Å². The van der Waals surface area contributed by atoms with Crippen LogP contribution in [-0.2, 0) is 13.1 Å². The van der Waals surface area contributed by atoms with E-state index in [0.717, 1.165) is 31.3 Å². The van der Waals surface area contributed by atoms with Crippen LogP contribution in [0.5, 0.6) is 0 Å². The molecule has 0 saturated carbocycles. The number of hydrogen-bond acceptors (Lipinski definition) is 6. The molecule has 88 valence electrons. The lowest BCUT2D eigenvalue weighted by Gasteiger charge is -2.28. The largest absolute Gasteiger partial charge is 0.347 e. The van der Waals surface area contributed by atoms with E-state index >= 15 is 0 Å². The summed E-state index contributed by atoms with van der Waals surface area (Å²) in [6, 6.07) is 5.72. The van der Waals surface area contributed by atoms with E-state index in [-0.39, 0.29) is 0 Å². The van der Waals surface area contributed by atoms with Gasteiger partial charge in [-0.25, -0.2) is 10.8 Å². The SMILES string of the molecule is NNc1cccc(N2CCn3cnnc3C2)n1. The molecule has 0 unspecified atom stereocenters. The summed E-state index contributed by atoms with van der Waals surface area (Å²) in [6.45, 7) is 2.50. The van der Waals surface area contributed by atoms with Crippen molar-refractivity contribution in [2.24, 2.45) is 5.84 Å². The molecule has 0 bridgehead atoms. The number of anilines is 2. The topological polar surface area (TPSA) is 84.9 Å². The minimum absolute atomic E-state index is 0.662. The van der Waals surface area contributed by atoms with Crippen molar-refractivity contribution in [2.75, 3.05) is 16.9 Å². The zero-order valence-electron chi connectivity index (χ0n) is 9.24. The number of hydrogen-bond donors (Lipinski definition) is 2. The fraction of sp³-hybridized carbons (Fsp3) is 0.300. The summed E-state index contributed by atoms with van der Waals surface area (Å²) in [5.74, 6) is 7.87. The molecule has 1 aliphatic rings. The van der Waals surface area contributed by atoms with E-state index in [1.165, 1.54) is 0 Å². The Morgan fingerprint density at radius 2 is 2.24 bits per heavy atom. The van der Waals surface area contributed by atoms with Gasteiger partial charge in [0.2, 0.25) is 0 Å². The van der Waals surface area contributed by atoms with Gasteiger partial charge in [-0.2, -0.15) is 0 Å². The number of aromatic nitrogens is 4. The maximum Gasteiger partial charge on any atom is 0.152 e. The van der Waals surface area contributed by atoms with Gasteiger partial charge in [0, 0.05) is 13.1 Å². The highest BCUT2D eigenvalue weighted by Crippen LogP contribution is 2.18. The first-order valence-electron chi connectivity index (χ1n) is 5.42. The number of rotatable bonds is 2. The molecule has 7 nitrogen and oxygen atoms in total. The van der Waals surface area contributed by atoms with Crippen molar-refractivity contribution in [1.29, 1.82) is 0 Å². The van der Waals surface area contributed by atoms with E-state index in [4.69, 9.17) is 5.84 Å². The van der Waals surface area contributed by atoms with Crippen molar-refractivity contribution in [3.05, 3.63) is 30.4 Å². The molecule has 0 radical (unpaired) electrons. The Bertz CT molecular complexity index is 521. The van der Waals surface area contributed by atoms with Crippen LogP contribution in [0.2, 0.25) is 0 Å². The highest BCUT2D eigenvalue weighted by atomic mass is 15.3. The van der Waals surface area contributed by atoms with Gasteiger partial charge in [0.25, 0.3) is 0 Å². The summed E-state index contributed by atoms with van der Waals surface area (Å²) in [6.07, 6.45) is 1.76. The Morgan fingerprint density at radius 1 is 1.29 bits per heavy atom. The quantitative estimate of drug-likeness (QED) is 0.558. The van der Waals surface area contributed by atoms with E-state index in [1.807, 2.05) is 18.2 Å². The molecule has 17 heavy (non-hydrogen) atoms. The molecule has 2 aromatic heterocycles. The highest BCUT2D eigenvalue weighted by Gasteiger charge is 2.18. The standard InChI is InChI=1S/C10H13N7/c11-14-8-2-1-3-9(13-8)16-4-5-17-7-12-15-10(17)6-16/h1-3,7H,4-6,11H2,(H,13,14). The van der Waals surface area contributed by atoms with Gasteiger partial charge in [-0.05, 0) is 12.1 Å². The number of nitrogens with two attached hydrogens (primary N) is 1. The van der Waals surface area contributed by atoms with Crippen LogP contribution in [0.25, 0.3) is 0 Å². The molecule has 0 saturated heterocycles. The molecule has 0 fully saturated rings. The van der Waals surface area contributed by atoms with Crippen LogP contribution in [0.4, 0.5) is 11.6 Å². The predicted molar refractivity (Wildman–Crippen MR) is 63.1 cm³/mol. The Kier molecular flexibility index (Phi) is 2.37. The fourth-order valence-corrected chi connectivity index (χ4v) is 1.94. The van der Waals surface area contributed by atoms with Gasteiger partial charge in [0.15, 0.2) is 5.82 Å². The lowest BCUT2D eigenvalue weighted by atomic mass is 10.3. The van der Waals surface area contributed by atoms with Crippen LogP contribution in [0.3, 0.4) is 0 Å². The van der Waals surface area contributed by atoms with E-state index < -0.39 is 0 Å². The molecule has 2 aromatic rings. The number of nitrogen functional groups attached to an aromatic ring is 1. The second-order valence-electron chi connectivity index (χ2n) is 3.89. The monoisotopic (exact) mass is 231 g/mol. The summed E-state index contributed by atoms with van der Waals surface area (Å²) in [5, 5.41) is 7.98. The third-order valence-electron chi connectivity index (χ3n) is 2.85. The van der Waals surface area contributed by atoms with Gasteiger partial charge in [-0.3, -0.25) is 0 Å². The van der Waals surface area contributed by atoms with Crippen molar-refractivity contribution in [3.8, 4) is 0 Å². The van der Waals surface area contributed by atoms with E-state index in [1.54, 1.807) is 6.33 Å². The van der Waals surface area contributed by atoms with Gasteiger partial charge in [-0.1, -0.05) is 6.07 Å². The predicted octanol–water partition coefficient (Wildman–Crippen LogP) is -0.0211. The van der Waals surface area contributed by atoms with Gasteiger partial charge in [0.05, 0.1) is 6.54 Å². The lowest BCUT2D eigenvalue weighted by Crippen LogP contribution is -2.34. The number of hydrazine groups is 1. The van der Waals surface area contributed by atoms with Gasteiger partial charge < -0.3 is 14.9 Å². The van der Waals surface area contributed by atoms with Crippen LogP contribution in [0, 0.1) is 0 Å². The van der Waals surface area contributed by atoms with Gasteiger partial charge in [0.1, 0.15) is 18.0 Å². The summed E-state index contributed by atoms with van der Waals surface area (Å²) in [7, 11) is 0. The number of fused-ring (bicyclic) bond motifs is 1. The molecular formula is C10H13N7. The van der Waals surface area contributed by atoms with Crippen molar-refractivity contribution in [2.45, 2.75) is 13.1 Å². The van der Waals surface area contributed by atoms with E-state index in [0.29, 0.717) is 5.82 Å². The van der Waals surface area contributed by atoms with Crippen LogP contribution in [0.1, 0.15) is 5.82 Å². The molecule has 3 rings (SSSR count). The average molecular weight is 231 g/mol. The van der Waals surface area contributed by atoms with Crippen molar-refractivity contribution >= 4 is 11.6 Å². The van der Waals surface area contributed by atoms with Crippen molar-refractivity contribution in [3.63, 3.8) is 0 Å². The molecular weight excluding hydrogens is 218 g/mol. The van der Waals surface area contributed by atoms with Crippen molar-refractivity contribution < 1.29 is 0 Å². The van der Waals surface area contributed by atoms with Crippen LogP contribution in [-0.4, -0.2) is 26.3 Å². The Hall–Kier alpha value is -2.15. The number of nitrogens with one attached hydrogen (secondary N) is 1. The molecule has 0 amide bonds. The molecule has 0 atom stereocenters. The Morgan fingerprint density at radius 3 is 3.12 bits per heavy atom. The molecule has 0 aliphatic carbocycles. The molecule has 1 aliphatic heterocycles. The molecule has 3 heterocycles. The zero-order chi connectivity index (χ0) is 11.7. The maximum absolute atomic E-state index is 5.35. The second kappa shape index (κ2) is 4.02. The molecule has 0 spiro atoms. The smallest absolute Gasteiger partial charge is 0.152 e. The van der Waals surface area contributed by atoms with Crippen LogP contribution in [0.15, 0.2) is 24.5 Å². The third-order valence-corrected chi connectivity index (χ3v) is 2.85. The first-order chi connectivity index (χ1) is 8.36. The summed E-state index contributed by atoms with van der Waals surface area (Å²) in [4.78, 5) is 6.56. The Labute approximate surface area is 98.2 Å². The Balaban J connectivity index is 1.86. The normalized spacial score (nSPS) is 14.5. The zero-order valence-corrected chi connectivity index (χ0v) is 9.24. The van der Waals surface area contributed by atoms with Crippen LogP contribution >= 0.6 is 0 Å². The summed E-state index contributed by atoms with van der Waals surface area (Å²) < 4.78 is 2.06. The maximum atomic E-state index is 5.35.